The van der Waals surface area contributed by atoms with Gasteiger partial charge < -0.3 is 29.3 Å². The molecule has 2 aromatic rings. The average molecular weight is 508 g/mol. The largest absolute Gasteiger partial charge is 0.524 e. The van der Waals surface area contributed by atoms with Crippen molar-refractivity contribution in [3.63, 3.8) is 0 Å². The van der Waals surface area contributed by atoms with Crippen LogP contribution in [0, 0.1) is 0 Å². The van der Waals surface area contributed by atoms with Gasteiger partial charge in [0.2, 0.25) is 5.78 Å². The fraction of sp³-hybridized carbons (Fsp3) is 0.318. The Bertz CT molecular complexity index is 1330. The van der Waals surface area contributed by atoms with Crippen LogP contribution in [0.2, 0.25) is 0 Å². The molecule has 13 heteroatoms. The van der Waals surface area contributed by atoms with E-state index in [1.54, 1.807) is 0 Å². The second-order valence-electron chi connectivity index (χ2n) is 8.14. The molecular weight excluding hydrogens is 487 g/mol. The van der Waals surface area contributed by atoms with E-state index in [4.69, 9.17) is 14.0 Å². The number of fused-ring (bicyclic) bond motifs is 3. The number of hydrogen-bond donors (Lipinski definition) is 5. The van der Waals surface area contributed by atoms with Gasteiger partial charge in [-0.25, -0.2) is 4.57 Å². The molecule has 2 atom stereocenters. The van der Waals surface area contributed by atoms with Crippen LogP contribution in [-0.4, -0.2) is 68.9 Å². The highest BCUT2D eigenvalue weighted by atomic mass is 31.2. The van der Waals surface area contributed by atoms with Gasteiger partial charge in [0.15, 0.2) is 11.6 Å². The Morgan fingerprint density at radius 2 is 1.74 bits per heavy atom. The zero-order valence-electron chi connectivity index (χ0n) is 18.5. The number of aliphatic hydroxyl groups excluding tert-OH is 2. The van der Waals surface area contributed by atoms with Gasteiger partial charge in [-0.15, -0.1) is 0 Å². The lowest BCUT2D eigenvalue weighted by molar-refractivity contribution is -0.144. The third kappa shape index (κ3) is 3.84. The van der Waals surface area contributed by atoms with Crippen molar-refractivity contribution in [1.82, 2.24) is 0 Å². The molecule has 0 aromatic heterocycles. The van der Waals surface area contributed by atoms with E-state index >= 15 is 0 Å². The lowest BCUT2D eigenvalue weighted by atomic mass is 9.72. The van der Waals surface area contributed by atoms with Crippen molar-refractivity contribution in [3.8, 4) is 17.2 Å². The fourth-order valence-corrected chi connectivity index (χ4v) is 5.13. The van der Waals surface area contributed by atoms with E-state index in [0.717, 1.165) is 7.11 Å². The molecule has 12 nitrogen and oxygen atoms in total. The third-order valence-corrected chi connectivity index (χ3v) is 6.55. The van der Waals surface area contributed by atoms with Crippen LogP contribution in [-0.2, 0) is 15.8 Å². The number of hydrogen-bond acceptors (Lipinski definition) is 10. The fourth-order valence-electron chi connectivity index (χ4n) is 4.70. The first-order chi connectivity index (χ1) is 16.4. The maximum absolute atomic E-state index is 13.6. The summed E-state index contributed by atoms with van der Waals surface area (Å²) >= 11 is 0. The van der Waals surface area contributed by atoms with Crippen molar-refractivity contribution in [2.24, 2.45) is 0 Å². The molecule has 4 rings (SSSR count). The number of phosphoric acid groups is 1. The van der Waals surface area contributed by atoms with E-state index in [2.05, 4.69) is 0 Å². The van der Waals surface area contributed by atoms with Gasteiger partial charge in [0.1, 0.15) is 29.5 Å². The molecule has 2 aromatic carbocycles. The van der Waals surface area contributed by atoms with Gasteiger partial charge in [0, 0.05) is 29.5 Å². The Morgan fingerprint density at radius 3 is 2.31 bits per heavy atom. The topological polar surface area (TPSA) is 197 Å². The number of aliphatic hydroxyl groups is 3. The number of rotatable bonds is 6. The quantitative estimate of drug-likeness (QED) is 0.285. The molecule has 2 aliphatic carbocycles. The van der Waals surface area contributed by atoms with Crippen molar-refractivity contribution in [3.05, 3.63) is 51.6 Å². The molecule has 186 valence electrons. The highest BCUT2D eigenvalue weighted by Crippen LogP contribution is 2.54. The highest BCUT2D eigenvalue weighted by molar-refractivity contribution is 7.46. The van der Waals surface area contributed by atoms with Crippen molar-refractivity contribution >= 4 is 25.2 Å². The minimum absolute atomic E-state index is 0.0622. The summed E-state index contributed by atoms with van der Waals surface area (Å²) in [5.74, 6) is -3.73. The van der Waals surface area contributed by atoms with Crippen LogP contribution in [0.1, 0.15) is 55.5 Å². The Hall–Kier alpha value is -3.12. The molecule has 0 aliphatic heterocycles. The van der Waals surface area contributed by atoms with E-state index in [0.29, 0.717) is 0 Å². The van der Waals surface area contributed by atoms with Gasteiger partial charge in [-0.1, -0.05) is 12.1 Å². The van der Waals surface area contributed by atoms with Crippen LogP contribution in [0.5, 0.6) is 17.2 Å². The third-order valence-electron chi connectivity index (χ3n) is 6.13. The highest BCUT2D eigenvalue weighted by Gasteiger charge is 2.49. The molecule has 0 fully saturated rings. The Kier molecular flexibility index (Phi) is 6.08. The first-order valence-electron chi connectivity index (χ1n) is 10.2. The number of phosphoric ester groups is 1. The summed E-state index contributed by atoms with van der Waals surface area (Å²) in [4.78, 5) is 58.7. The molecule has 0 unspecified atom stereocenters. The first-order valence-corrected chi connectivity index (χ1v) is 11.7. The number of ether oxygens (including phenoxy) is 2. The van der Waals surface area contributed by atoms with Crippen molar-refractivity contribution in [2.45, 2.75) is 24.5 Å². The predicted octanol–water partition coefficient (Wildman–Crippen LogP) is 0.223. The monoisotopic (exact) mass is 508 g/mol. The number of benzene rings is 2. The van der Waals surface area contributed by atoms with Crippen LogP contribution in [0.25, 0.3) is 0 Å². The summed E-state index contributed by atoms with van der Waals surface area (Å²) in [5, 5.41) is 31.0. The molecule has 0 saturated carbocycles. The van der Waals surface area contributed by atoms with Crippen molar-refractivity contribution in [2.75, 3.05) is 20.8 Å². The predicted molar refractivity (Wildman–Crippen MR) is 116 cm³/mol. The number of carbonyl (C=O) groups is 3. The maximum atomic E-state index is 13.6. The number of methoxy groups -OCH3 is 2. The molecule has 35 heavy (non-hydrogen) atoms. The zero-order chi connectivity index (χ0) is 25.9. The minimum Gasteiger partial charge on any atom is -0.496 e. The molecular formula is C22H21O12P. The molecule has 2 aliphatic rings. The maximum Gasteiger partial charge on any atom is 0.524 e. The van der Waals surface area contributed by atoms with E-state index in [9.17, 15) is 44.1 Å². The molecule has 0 radical (unpaired) electrons. The Labute approximate surface area is 197 Å². The van der Waals surface area contributed by atoms with Crippen LogP contribution < -0.4 is 14.0 Å². The summed E-state index contributed by atoms with van der Waals surface area (Å²) < 4.78 is 27.3. The SMILES string of the molecule is COc1cccc2c1C(=O)c1c(OC)c3c(c(OP(=O)(O)O)c1C2=O)C[C@@](O)(C(=O)CO)C[C@@H]3O. The van der Waals surface area contributed by atoms with Crippen LogP contribution in [0.4, 0.5) is 0 Å². The summed E-state index contributed by atoms with van der Waals surface area (Å²) in [6.07, 6.45) is -3.00. The molecule has 0 amide bonds. The summed E-state index contributed by atoms with van der Waals surface area (Å²) in [5.41, 5.74) is -4.11. The molecule has 0 bridgehead atoms. The molecule has 0 spiro atoms. The van der Waals surface area contributed by atoms with Crippen LogP contribution in [0.3, 0.4) is 0 Å². The minimum atomic E-state index is -5.37. The smallest absolute Gasteiger partial charge is 0.496 e. The van der Waals surface area contributed by atoms with Gasteiger partial charge in [-0.2, -0.15) is 0 Å². The van der Waals surface area contributed by atoms with Gasteiger partial charge >= 0.3 is 7.82 Å². The zero-order valence-corrected chi connectivity index (χ0v) is 19.4. The lowest BCUT2D eigenvalue weighted by Crippen LogP contribution is -2.47. The average Bonchev–Trinajstić information content (AvgIpc) is 2.80. The van der Waals surface area contributed by atoms with Crippen molar-refractivity contribution < 1.29 is 58.1 Å². The van der Waals surface area contributed by atoms with Crippen molar-refractivity contribution in [1.29, 1.82) is 0 Å². The summed E-state index contributed by atoms with van der Waals surface area (Å²) in [7, 11) is -2.92. The van der Waals surface area contributed by atoms with E-state index in [-0.39, 0.29) is 33.8 Å². The van der Waals surface area contributed by atoms with Gasteiger partial charge in [0.05, 0.1) is 37.0 Å². The van der Waals surface area contributed by atoms with Crippen LogP contribution >= 0.6 is 7.82 Å². The van der Waals surface area contributed by atoms with Gasteiger partial charge in [-0.3, -0.25) is 24.2 Å². The number of carbonyl (C=O) groups excluding carboxylic acids is 3. The van der Waals surface area contributed by atoms with E-state index in [1.807, 2.05) is 0 Å². The second-order valence-corrected chi connectivity index (χ2v) is 9.30. The van der Waals surface area contributed by atoms with Gasteiger partial charge in [0.25, 0.3) is 0 Å². The van der Waals surface area contributed by atoms with E-state index < -0.39 is 73.2 Å². The number of Topliss-reactive ketones (excluding diaryl/α,β-unsaturated/α-hetero) is 1. The molecule has 0 heterocycles. The molecule has 0 saturated heterocycles. The Morgan fingerprint density at radius 1 is 1.09 bits per heavy atom. The lowest BCUT2D eigenvalue weighted by Gasteiger charge is -2.38. The Balaban J connectivity index is 2.13. The summed E-state index contributed by atoms with van der Waals surface area (Å²) in [6.45, 7) is -1.08. The second kappa shape index (κ2) is 8.52. The normalized spacial score (nSPS) is 21.1. The standard InChI is InChI=1S/C22H21O12P/c1-32-12-5-3-4-9-15(12)19(27)17-16(18(9)26)20(34-35(29,30)31)10-6-22(28,13(25)8-23)7-11(24)14(10)21(17)33-2/h3-5,11,23-24,28H,6-8H2,1-2H3,(H2,29,30,31)/t11-,22-/m0/s1. The first kappa shape index (κ1) is 25.0. The van der Waals surface area contributed by atoms with Crippen LogP contribution in [0.15, 0.2) is 18.2 Å². The van der Waals surface area contributed by atoms with E-state index in [1.165, 1.54) is 25.3 Å². The molecule has 5 N–H and O–H groups in total. The van der Waals surface area contributed by atoms with Gasteiger partial charge in [-0.05, 0) is 6.07 Å². The summed E-state index contributed by atoms with van der Waals surface area (Å²) in [6, 6.07) is 4.20. The number of ketones is 3.